The Balaban J connectivity index is 2.32. The van der Waals surface area contributed by atoms with Gasteiger partial charge in [0.1, 0.15) is 11.9 Å². The molecule has 0 aromatic carbocycles. The molecule has 0 aliphatic carbocycles. The number of nitrogens with one attached hydrogen (secondary N) is 1. The maximum absolute atomic E-state index is 11.6. The number of carbonyl (C=O) groups is 1. The van der Waals surface area contributed by atoms with E-state index in [1.165, 1.54) is 0 Å². The van der Waals surface area contributed by atoms with Gasteiger partial charge in [0.2, 0.25) is 5.91 Å². The largest absolute Gasteiger partial charge is 0.353 e. The number of hydrogen-bond donors (Lipinski definition) is 1. The van der Waals surface area contributed by atoms with Crippen molar-refractivity contribution in [2.24, 2.45) is 0 Å². The molecule has 1 aromatic rings. The van der Waals surface area contributed by atoms with Crippen LogP contribution in [0.2, 0.25) is 0 Å². The van der Waals surface area contributed by atoms with Crippen LogP contribution in [0.4, 0.5) is 5.82 Å². The van der Waals surface area contributed by atoms with Crippen LogP contribution in [0.1, 0.15) is 12.5 Å². The molecule has 1 aliphatic rings. The van der Waals surface area contributed by atoms with Gasteiger partial charge >= 0.3 is 0 Å². The van der Waals surface area contributed by atoms with Crippen LogP contribution in [0.5, 0.6) is 0 Å². The van der Waals surface area contributed by atoms with Gasteiger partial charge in [0, 0.05) is 23.8 Å². The molecule has 2 rings (SSSR count). The topological polar surface area (TPSA) is 45.2 Å². The van der Waals surface area contributed by atoms with Gasteiger partial charge < -0.3 is 10.2 Å². The van der Waals surface area contributed by atoms with E-state index in [9.17, 15) is 4.79 Å². The number of anilines is 1. The minimum Gasteiger partial charge on any atom is -0.353 e. The summed E-state index contributed by atoms with van der Waals surface area (Å²) in [5.74, 6) is 0.959. The van der Waals surface area contributed by atoms with Crippen molar-refractivity contribution in [3.8, 4) is 0 Å². The van der Waals surface area contributed by atoms with Gasteiger partial charge in [-0.25, -0.2) is 4.98 Å². The van der Waals surface area contributed by atoms with Crippen LogP contribution >= 0.6 is 15.9 Å². The molecule has 86 valence electrons. The van der Waals surface area contributed by atoms with Crippen LogP contribution in [0.3, 0.4) is 0 Å². The van der Waals surface area contributed by atoms with Crippen molar-refractivity contribution >= 4 is 27.7 Å². The normalized spacial score (nSPS) is 20.8. The molecule has 0 bridgehead atoms. The van der Waals surface area contributed by atoms with Gasteiger partial charge in [-0.05, 0) is 41.4 Å². The highest BCUT2D eigenvalue weighted by Crippen LogP contribution is 2.23. The summed E-state index contributed by atoms with van der Waals surface area (Å²) in [6.07, 6.45) is 1.77. The van der Waals surface area contributed by atoms with Crippen molar-refractivity contribution < 1.29 is 4.79 Å². The summed E-state index contributed by atoms with van der Waals surface area (Å²) in [6.45, 7) is 5.40. The van der Waals surface area contributed by atoms with Crippen molar-refractivity contribution in [2.45, 2.75) is 19.9 Å². The van der Waals surface area contributed by atoms with Gasteiger partial charge in [0.15, 0.2) is 0 Å². The second-order valence-corrected chi connectivity index (χ2v) is 4.87. The van der Waals surface area contributed by atoms with Crippen molar-refractivity contribution in [3.05, 3.63) is 22.3 Å². The van der Waals surface area contributed by atoms with E-state index < -0.39 is 0 Å². The fourth-order valence-electron chi connectivity index (χ4n) is 1.91. The lowest BCUT2D eigenvalue weighted by Gasteiger charge is -2.34. The summed E-state index contributed by atoms with van der Waals surface area (Å²) in [5, 5.41) is 2.84. The van der Waals surface area contributed by atoms with E-state index in [0.717, 1.165) is 22.4 Å². The van der Waals surface area contributed by atoms with Crippen molar-refractivity contribution in [1.29, 1.82) is 0 Å². The SMILES string of the molecule is Cc1cc(Br)cnc1N1CCNC(=O)C1C. The number of carbonyl (C=O) groups excluding carboxylic acids is 1. The summed E-state index contributed by atoms with van der Waals surface area (Å²) in [6, 6.07) is 1.86. The Labute approximate surface area is 103 Å². The first-order valence-corrected chi connectivity index (χ1v) is 6.05. The van der Waals surface area contributed by atoms with Gasteiger partial charge in [-0.1, -0.05) is 0 Å². The van der Waals surface area contributed by atoms with Crippen LogP contribution in [0.15, 0.2) is 16.7 Å². The summed E-state index contributed by atoms with van der Waals surface area (Å²) >= 11 is 3.39. The molecule has 16 heavy (non-hydrogen) atoms. The third kappa shape index (κ3) is 2.04. The molecule has 0 spiro atoms. The van der Waals surface area contributed by atoms with Gasteiger partial charge in [0.25, 0.3) is 0 Å². The van der Waals surface area contributed by atoms with E-state index in [-0.39, 0.29) is 11.9 Å². The number of nitrogens with zero attached hydrogens (tertiary/aromatic N) is 2. The molecule has 1 saturated heterocycles. The maximum Gasteiger partial charge on any atom is 0.242 e. The fraction of sp³-hybridized carbons (Fsp3) is 0.455. The Morgan fingerprint density at radius 1 is 1.62 bits per heavy atom. The van der Waals surface area contributed by atoms with Crippen LogP contribution in [0, 0.1) is 6.92 Å². The van der Waals surface area contributed by atoms with Crippen molar-refractivity contribution in [2.75, 3.05) is 18.0 Å². The van der Waals surface area contributed by atoms with Gasteiger partial charge in [-0.2, -0.15) is 0 Å². The molecule has 0 radical (unpaired) electrons. The quantitative estimate of drug-likeness (QED) is 0.849. The first kappa shape index (κ1) is 11.4. The second kappa shape index (κ2) is 4.41. The highest BCUT2D eigenvalue weighted by molar-refractivity contribution is 9.10. The summed E-state index contributed by atoms with van der Waals surface area (Å²) in [7, 11) is 0. The zero-order valence-electron chi connectivity index (χ0n) is 9.33. The maximum atomic E-state index is 11.6. The summed E-state index contributed by atoms with van der Waals surface area (Å²) in [4.78, 5) is 18.0. The molecule has 2 heterocycles. The minimum absolute atomic E-state index is 0.0652. The molecule has 0 saturated carbocycles. The average molecular weight is 284 g/mol. The van der Waals surface area contributed by atoms with E-state index in [0.29, 0.717) is 6.54 Å². The van der Waals surface area contributed by atoms with E-state index in [4.69, 9.17) is 0 Å². The highest BCUT2D eigenvalue weighted by Gasteiger charge is 2.27. The molecule has 1 N–H and O–H groups in total. The van der Waals surface area contributed by atoms with Gasteiger partial charge in [-0.3, -0.25) is 4.79 Å². The lowest BCUT2D eigenvalue weighted by molar-refractivity contribution is -0.122. The van der Waals surface area contributed by atoms with E-state index in [1.807, 2.05) is 24.8 Å². The molecule has 1 fully saturated rings. The third-order valence-electron chi connectivity index (χ3n) is 2.79. The molecule has 1 aromatic heterocycles. The van der Waals surface area contributed by atoms with E-state index >= 15 is 0 Å². The Morgan fingerprint density at radius 3 is 3.06 bits per heavy atom. The monoisotopic (exact) mass is 283 g/mol. The van der Waals surface area contributed by atoms with Gasteiger partial charge in [-0.15, -0.1) is 0 Å². The molecule has 1 amide bonds. The summed E-state index contributed by atoms with van der Waals surface area (Å²) in [5.41, 5.74) is 1.08. The highest BCUT2D eigenvalue weighted by atomic mass is 79.9. The second-order valence-electron chi connectivity index (χ2n) is 3.95. The Kier molecular flexibility index (Phi) is 3.14. The van der Waals surface area contributed by atoms with Crippen LogP contribution in [-0.2, 0) is 4.79 Å². The summed E-state index contributed by atoms with van der Waals surface area (Å²) < 4.78 is 0.961. The van der Waals surface area contributed by atoms with Crippen LogP contribution in [0.25, 0.3) is 0 Å². The number of aryl methyl sites for hydroxylation is 1. The van der Waals surface area contributed by atoms with E-state index in [1.54, 1.807) is 6.20 Å². The number of hydrogen-bond acceptors (Lipinski definition) is 3. The minimum atomic E-state index is -0.152. The lowest BCUT2D eigenvalue weighted by Crippen LogP contribution is -2.54. The number of amides is 1. The van der Waals surface area contributed by atoms with Gasteiger partial charge in [0.05, 0.1) is 0 Å². The zero-order valence-corrected chi connectivity index (χ0v) is 10.9. The standard InChI is InChI=1S/C11H14BrN3O/c1-7-5-9(12)6-14-10(7)15-4-3-13-11(16)8(15)2/h5-6,8H,3-4H2,1-2H3,(H,13,16). The molecule has 1 aliphatic heterocycles. The fourth-order valence-corrected chi connectivity index (χ4v) is 2.35. The number of rotatable bonds is 1. The first-order chi connectivity index (χ1) is 7.59. The molecule has 1 atom stereocenters. The predicted molar refractivity (Wildman–Crippen MR) is 66.5 cm³/mol. The van der Waals surface area contributed by atoms with Crippen molar-refractivity contribution in [1.82, 2.24) is 10.3 Å². The van der Waals surface area contributed by atoms with Crippen LogP contribution in [-0.4, -0.2) is 30.0 Å². The number of pyridine rings is 1. The predicted octanol–water partition coefficient (Wildman–Crippen LogP) is 1.48. The molecule has 1 unspecified atom stereocenters. The van der Waals surface area contributed by atoms with Crippen molar-refractivity contribution in [3.63, 3.8) is 0 Å². The Morgan fingerprint density at radius 2 is 2.38 bits per heavy atom. The number of aromatic nitrogens is 1. The molecular formula is C11H14BrN3O. The smallest absolute Gasteiger partial charge is 0.242 e. The molecule has 5 heteroatoms. The Hall–Kier alpha value is -1.10. The molecule has 4 nitrogen and oxygen atoms in total. The first-order valence-electron chi connectivity index (χ1n) is 5.26. The third-order valence-corrected chi connectivity index (χ3v) is 3.22. The number of halogens is 1. The zero-order chi connectivity index (χ0) is 11.7. The van der Waals surface area contributed by atoms with E-state index in [2.05, 4.69) is 26.2 Å². The Bertz CT molecular complexity index is 422. The van der Waals surface area contributed by atoms with Crippen LogP contribution < -0.4 is 10.2 Å². The lowest BCUT2D eigenvalue weighted by atomic mass is 10.1. The average Bonchev–Trinajstić information content (AvgIpc) is 2.23. The number of piperazine rings is 1. The molecular weight excluding hydrogens is 270 g/mol.